The van der Waals surface area contributed by atoms with Crippen LogP contribution in [0.2, 0.25) is 0 Å². The van der Waals surface area contributed by atoms with Crippen LogP contribution in [0.4, 0.5) is 5.82 Å². The second-order valence-corrected chi connectivity index (χ2v) is 8.81. The molecular weight excluding hydrogens is 328 g/mol. The molecule has 2 aromatic heterocycles. The summed E-state index contributed by atoms with van der Waals surface area (Å²) in [5, 5.41) is 2.26. The molecule has 4 nitrogen and oxygen atoms in total. The van der Waals surface area contributed by atoms with E-state index in [0.29, 0.717) is 5.92 Å². The normalized spacial score (nSPS) is 22.2. The van der Waals surface area contributed by atoms with Gasteiger partial charge in [-0.05, 0) is 56.0 Å². The third-order valence-electron chi connectivity index (χ3n) is 5.94. The monoisotopic (exact) mass is 354 g/mol. The molecule has 0 N–H and O–H groups in total. The summed E-state index contributed by atoms with van der Waals surface area (Å²) in [5.41, 5.74) is 2.69. The SMILES string of the molecule is Cc1cc(N2CCC(N3CCc4sccc4C3)CC2)nc(C2CC2)n1. The first-order valence-corrected chi connectivity index (χ1v) is 10.5. The van der Waals surface area contributed by atoms with Crippen molar-refractivity contribution in [1.82, 2.24) is 14.9 Å². The molecule has 2 aromatic rings. The number of hydrogen-bond acceptors (Lipinski definition) is 5. The first-order valence-electron chi connectivity index (χ1n) is 9.66. The van der Waals surface area contributed by atoms with Gasteiger partial charge in [0.2, 0.25) is 0 Å². The number of piperidine rings is 1. The second-order valence-electron chi connectivity index (χ2n) is 7.81. The summed E-state index contributed by atoms with van der Waals surface area (Å²) in [5.74, 6) is 2.87. The van der Waals surface area contributed by atoms with E-state index in [1.807, 2.05) is 11.3 Å². The summed E-state index contributed by atoms with van der Waals surface area (Å²) in [4.78, 5) is 16.3. The van der Waals surface area contributed by atoms with Crippen molar-refractivity contribution in [2.75, 3.05) is 24.5 Å². The van der Waals surface area contributed by atoms with Gasteiger partial charge in [-0.15, -0.1) is 11.3 Å². The maximum Gasteiger partial charge on any atom is 0.134 e. The zero-order valence-electron chi connectivity index (χ0n) is 14.9. The van der Waals surface area contributed by atoms with Crippen molar-refractivity contribution in [3.8, 4) is 0 Å². The zero-order valence-corrected chi connectivity index (χ0v) is 15.8. The minimum atomic E-state index is 0.629. The molecule has 0 atom stereocenters. The highest BCUT2D eigenvalue weighted by atomic mass is 32.1. The highest BCUT2D eigenvalue weighted by molar-refractivity contribution is 7.10. The van der Waals surface area contributed by atoms with Gasteiger partial charge < -0.3 is 4.90 Å². The predicted octanol–water partition coefficient (Wildman–Crippen LogP) is 3.75. The topological polar surface area (TPSA) is 32.3 Å². The van der Waals surface area contributed by atoms with Crippen LogP contribution >= 0.6 is 11.3 Å². The first kappa shape index (κ1) is 15.8. The summed E-state index contributed by atoms with van der Waals surface area (Å²) in [6.07, 6.45) is 6.28. The van der Waals surface area contributed by atoms with Gasteiger partial charge in [-0.1, -0.05) is 0 Å². The molecular formula is C20H26N4S. The van der Waals surface area contributed by atoms with Crippen molar-refractivity contribution < 1.29 is 0 Å². The Morgan fingerprint density at radius 3 is 2.72 bits per heavy atom. The number of rotatable bonds is 3. The van der Waals surface area contributed by atoms with Gasteiger partial charge in [0.05, 0.1) is 0 Å². The van der Waals surface area contributed by atoms with Crippen molar-refractivity contribution in [3.63, 3.8) is 0 Å². The van der Waals surface area contributed by atoms with E-state index in [9.17, 15) is 0 Å². The summed E-state index contributed by atoms with van der Waals surface area (Å²) in [7, 11) is 0. The van der Waals surface area contributed by atoms with Crippen LogP contribution in [0, 0.1) is 6.92 Å². The van der Waals surface area contributed by atoms with E-state index in [1.54, 1.807) is 10.4 Å². The van der Waals surface area contributed by atoms with Crippen LogP contribution in [0.1, 0.15) is 53.6 Å². The predicted molar refractivity (Wildman–Crippen MR) is 102 cm³/mol. The number of nitrogens with zero attached hydrogens (tertiary/aromatic N) is 4. The molecule has 0 spiro atoms. The fourth-order valence-electron chi connectivity index (χ4n) is 4.30. The number of hydrogen-bond donors (Lipinski definition) is 0. The highest BCUT2D eigenvalue weighted by Gasteiger charge is 2.30. The van der Waals surface area contributed by atoms with Crippen LogP contribution in [0.15, 0.2) is 17.5 Å². The maximum atomic E-state index is 4.88. The van der Waals surface area contributed by atoms with E-state index in [-0.39, 0.29) is 0 Å². The van der Waals surface area contributed by atoms with Crippen molar-refractivity contribution in [2.24, 2.45) is 0 Å². The van der Waals surface area contributed by atoms with E-state index in [2.05, 4.69) is 39.2 Å². The molecule has 3 aliphatic rings. The molecule has 0 radical (unpaired) electrons. The first-order chi connectivity index (χ1) is 12.3. The molecule has 5 rings (SSSR count). The molecule has 25 heavy (non-hydrogen) atoms. The van der Waals surface area contributed by atoms with Crippen LogP contribution in [-0.4, -0.2) is 40.5 Å². The molecule has 5 heteroatoms. The lowest BCUT2D eigenvalue weighted by Crippen LogP contribution is -2.46. The lowest BCUT2D eigenvalue weighted by Gasteiger charge is -2.40. The van der Waals surface area contributed by atoms with Crippen LogP contribution in [0.5, 0.6) is 0 Å². The van der Waals surface area contributed by atoms with Crippen molar-refractivity contribution in [1.29, 1.82) is 0 Å². The van der Waals surface area contributed by atoms with Crippen molar-refractivity contribution in [3.05, 3.63) is 39.5 Å². The highest BCUT2D eigenvalue weighted by Crippen LogP contribution is 2.39. The molecule has 0 unspecified atom stereocenters. The van der Waals surface area contributed by atoms with Gasteiger partial charge in [0.25, 0.3) is 0 Å². The lowest BCUT2D eigenvalue weighted by atomic mass is 9.99. The number of fused-ring (bicyclic) bond motifs is 1. The largest absolute Gasteiger partial charge is 0.356 e. The molecule has 1 saturated heterocycles. The Labute approximate surface area is 153 Å². The van der Waals surface area contributed by atoms with Crippen LogP contribution in [-0.2, 0) is 13.0 Å². The summed E-state index contributed by atoms with van der Waals surface area (Å²) >= 11 is 1.93. The Morgan fingerprint density at radius 1 is 1.08 bits per heavy atom. The van der Waals surface area contributed by atoms with E-state index in [1.165, 1.54) is 38.6 Å². The third kappa shape index (κ3) is 3.20. The third-order valence-corrected chi connectivity index (χ3v) is 6.97. The summed E-state index contributed by atoms with van der Waals surface area (Å²) in [6.45, 7) is 6.74. The van der Waals surface area contributed by atoms with Gasteiger partial charge in [-0.25, -0.2) is 9.97 Å². The molecule has 2 aliphatic heterocycles. The van der Waals surface area contributed by atoms with Crippen LogP contribution in [0.3, 0.4) is 0 Å². The minimum Gasteiger partial charge on any atom is -0.356 e. The molecule has 132 valence electrons. The van der Waals surface area contributed by atoms with E-state index < -0.39 is 0 Å². The number of anilines is 1. The van der Waals surface area contributed by atoms with Crippen molar-refractivity contribution >= 4 is 17.2 Å². The average Bonchev–Trinajstić information content (AvgIpc) is 3.39. The van der Waals surface area contributed by atoms with Gasteiger partial charge in [0, 0.05) is 54.8 Å². The Kier molecular flexibility index (Phi) is 4.01. The summed E-state index contributed by atoms with van der Waals surface area (Å²) in [6, 6.07) is 5.23. The smallest absolute Gasteiger partial charge is 0.134 e. The molecule has 1 aliphatic carbocycles. The molecule has 0 bridgehead atoms. The molecule has 0 amide bonds. The fraction of sp³-hybridized carbons (Fsp3) is 0.600. The molecule has 0 aromatic carbocycles. The van der Waals surface area contributed by atoms with Crippen molar-refractivity contribution in [2.45, 2.75) is 57.5 Å². The molecule has 2 fully saturated rings. The minimum absolute atomic E-state index is 0.629. The fourth-order valence-corrected chi connectivity index (χ4v) is 5.19. The Morgan fingerprint density at radius 2 is 1.92 bits per heavy atom. The van der Waals surface area contributed by atoms with Gasteiger partial charge in [-0.2, -0.15) is 0 Å². The van der Waals surface area contributed by atoms with Gasteiger partial charge >= 0.3 is 0 Å². The van der Waals surface area contributed by atoms with Gasteiger partial charge in [0.15, 0.2) is 0 Å². The Hall–Kier alpha value is -1.46. The number of aryl methyl sites for hydroxylation is 1. The van der Waals surface area contributed by atoms with Crippen LogP contribution in [0.25, 0.3) is 0 Å². The van der Waals surface area contributed by atoms with E-state index in [0.717, 1.165) is 43.0 Å². The zero-order chi connectivity index (χ0) is 16.8. The van der Waals surface area contributed by atoms with Gasteiger partial charge in [0.1, 0.15) is 11.6 Å². The Balaban J connectivity index is 1.24. The average molecular weight is 355 g/mol. The van der Waals surface area contributed by atoms with Crippen LogP contribution < -0.4 is 4.90 Å². The van der Waals surface area contributed by atoms with E-state index >= 15 is 0 Å². The quantitative estimate of drug-likeness (QED) is 0.840. The standard InChI is InChI=1S/C20H26N4S/c1-14-12-19(22-20(21-14)15-2-3-15)23-8-4-17(5-9-23)24-10-6-18-16(13-24)7-11-25-18/h7,11-12,15,17H,2-6,8-10,13H2,1H3. The Bertz CT molecular complexity index is 759. The lowest BCUT2D eigenvalue weighted by molar-refractivity contribution is 0.154. The molecule has 4 heterocycles. The van der Waals surface area contributed by atoms with Gasteiger partial charge in [-0.3, -0.25) is 4.90 Å². The number of aromatic nitrogens is 2. The van der Waals surface area contributed by atoms with E-state index in [4.69, 9.17) is 4.98 Å². The second kappa shape index (κ2) is 6.36. The number of thiophene rings is 1. The molecule has 1 saturated carbocycles. The maximum absolute atomic E-state index is 4.88. The summed E-state index contributed by atoms with van der Waals surface area (Å²) < 4.78 is 0.